The third-order valence-corrected chi connectivity index (χ3v) is 6.85. The van der Waals surface area contributed by atoms with Gasteiger partial charge in [0.2, 0.25) is 5.91 Å². The largest absolute Gasteiger partial charge is 0.488 e. The molecular formula is C26H28N2O4. The van der Waals surface area contributed by atoms with Crippen molar-refractivity contribution in [2.75, 3.05) is 19.7 Å². The van der Waals surface area contributed by atoms with Crippen LogP contribution in [0.25, 0.3) is 22.0 Å². The van der Waals surface area contributed by atoms with E-state index in [2.05, 4.69) is 18.2 Å². The minimum absolute atomic E-state index is 0.239. The van der Waals surface area contributed by atoms with Gasteiger partial charge in [-0.25, -0.2) is 0 Å². The summed E-state index contributed by atoms with van der Waals surface area (Å²) in [5, 5.41) is 20.9. The van der Waals surface area contributed by atoms with Crippen LogP contribution in [0.15, 0.2) is 54.6 Å². The van der Waals surface area contributed by atoms with Crippen molar-refractivity contribution in [3.8, 4) is 16.9 Å². The Morgan fingerprint density at radius 2 is 1.84 bits per heavy atom. The van der Waals surface area contributed by atoms with E-state index in [9.17, 15) is 9.90 Å². The molecule has 1 saturated heterocycles. The average molecular weight is 433 g/mol. The van der Waals surface area contributed by atoms with E-state index < -0.39 is 12.7 Å². The van der Waals surface area contributed by atoms with Gasteiger partial charge in [-0.05, 0) is 60.9 Å². The van der Waals surface area contributed by atoms with E-state index in [1.807, 2.05) is 43.3 Å². The average Bonchev–Trinajstić information content (AvgIpc) is 3.21. The number of rotatable bonds is 4. The number of carbonyl (C=O) groups excluding carboxylic acids is 1. The van der Waals surface area contributed by atoms with Crippen LogP contribution in [0.3, 0.4) is 0 Å². The molecule has 2 heterocycles. The number of pyridine rings is 1. The molecule has 2 fully saturated rings. The minimum atomic E-state index is -0.582. The van der Waals surface area contributed by atoms with Crippen molar-refractivity contribution in [1.82, 2.24) is 9.88 Å². The second-order valence-corrected chi connectivity index (χ2v) is 9.03. The number of aryl methyl sites for hydroxylation is 1. The fraction of sp³-hybridized carbons (Fsp3) is 0.385. The SMILES string of the molecule is Cc1cc(-c2ccccc2)c2ccc(O[C@@H]3C[C@@H]4CN(C(=O)CO)C[C@@H]4C[C@H]3O)cc2n1. The molecule has 6 nitrogen and oxygen atoms in total. The van der Waals surface area contributed by atoms with E-state index in [4.69, 9.17) is 14.8 Å². The summed E-state index contributed by atoms with van der Waals surface area (Å²) in [5.41, 5.74) is 4.09. The molecule has 166 valence electrons. The van der Waals surface area contributed by atoms with Crippen LogP contribution in [-0.2, 0) is 4.79 Å². The second kappa shape index (κ2) is 8.52. The van der Waals surface area contributed by atoms with Gasteiger partial charge in [-0.2, -0.15) is 0 Å². The summed E-state index contributed by atoms with van der Waals surface area (Å²) >= 11 is 0. The van der Waals surface area contributed by atoms with Gasteiger partial charge >= 0.3 is 0 Å². The topological polar surface area (TPSA) is 82.9 Å². The van der Waals surface area contributed by atoms with Crippen LogP contribution in [0.1, 0.15) is 18.5 Å². The van der Waals surface area contributed by atoms with Crippen molar-refractivity contribution in [2.45, 2.75) is 32.0 Å². The summed E-state index contributed by atoms with van der Waals surface area (Å²) in [6.45, 7) is 2.76. The highest BCUT2D eigenvalue weighted by Gasteiger charge is 2.43. The Bertz CT molecular complexity index is 1130. The number of ether oxygens (including phenoxy) is 1. The number of fused-ring (bicyclic) bond motifs is 2. The normalized spacial score (nSPS) is 25.0. The number of nitrogens with zero attached hydrogens (tertiary/aromatic N) is 2. The minimum Gasteiger partial charge on any atom is -0.488 e. The first kappa shape index (κ1) is 20.9. The van der Waals surface area contributed by atoms with E-state index in [-0.39, 0.29) is 23.8 Å². The van der Waals surface area contributed by atoms with Crippen LogP contribution < -0.4 is 4.74 Å². The van der Waals surface area contributed by atoms with Gasteiger partial charge in [0.25, 0.3) is 0 Å². The number of aliphatic hydroxyl groups excluding tert-OH is 2. The fourth-order valence-electron chi connectivity index (χ4n) is 5.27. The van der Waals surface area contributed by atoms with Gasteiger partial charge in [0.05, 0.1) is 11.6 Å². The van der Waals surface area contributed by atoms with Gasteiger partial charge < -0.3 is 19.8 Å². The summed E-state index contributed by atoms with van der Waals surface area (Å²) in [7, 11) is 0. The van der Waals surface area contributed by atoms with Gasteiger partial charge in [-0.1, -0.05) is 30.3 Å². The number of hydrogen-bond donors (Lipinski definition) is 2. The van der Waals surface area contributed by atoms with Crippen LogP contribution in [0.5, 0.6) is 5.75 Å². The number of likely N-dealkylation sites (tertiary alicyclic amines) is 1. The Morgan fingerprint density at radius 3 is 2.59 bits per heavy atom. The lowest BCUT2D eigenvalue weighted by atomic mass is 9.78. The number of hydrogen-bond acceptors (Lipinski definition) is 5. The van der Waals surface area contributed by atoms with Crippen LogP contribution in [0.2, 0.25) is 0 Å². The second-order valence-electron chi connectivity index (χ2n) is 9.03. The molecule has 6 heteroatoms. The van der Waals surface area contributed by atoms with E-state index in [0.29, 0.717) is 31.7 Å². The molecule has 4 atom stereocenters. The summed E-state index contributed by atoms with van der Waals surface area (Å²) in [6, 6.07) is 18.3. The standard InChI is InChI=1S/C26H28N2O4/c1-16-9-22(17-5-3-2-4-6-17)21-8-7-20(12-23(21)27-16)32-25-11-19-14-28(26(31)15-29)13-18(19)10-24(25)30/h2-9,12,18-19,24-25,29-30H,10-11,13-15H2,1H3/t18-,19+,24+,25+/m0/s1. The number of benzene rings is 2. The number of amides is 1. The van der Waals surface area contributed by atoms with Gasteiger partial charge in [0.1, 0.15) is 18.5 Å². The molecule has 5 rings (SSSR count). The first-order valence-electron chi connectivity index (χ1n) is 11.2. The highest BCUT2D eigenvalue weighted by molar-refractivity contribution is 5.95. The Labute approximate surface area is 187 Å². The van der Waals surface area contributed by atoms with Crippen LogP contribution in [0.4, 0.5) is 0 Å². The molecule has 2 aromatic carbocycles. The Kier molecular flexibility index (Phi) is 5.57. The Balaban J connectivity index is 1.37. The highest BCUT2D eigenvalue weighted by atomic mass is 16.5. The predicted molar refractivity (Wildman–Crippen MR) is 122 cm³/mol. The first-order chi connectivity index (χ1) is 15.5. The lowest BCUT2D eigenvalue weighted by Crippen LogP contribution is -2.42. The molecular weight excluding hydrogens is 404 g/mol. The van der Waals surface area contributed by atoms with Crippen LogP contribution >= 0.6 is 0 Å². The molecule has 2 N–H and O–H groups in total. The summed E-state index contributed by atoms with van der Waals surface area (Å²) in [5.74, 6) is 0.995. The van der Waals surface area contributed by atoms with Crippen molar-refractivity contribution < 1.29 is 19.7 Å². The zero-order valence-electron chi connectivity index (χ0n) is 18.1. The van der Waals surface area contributed by atoms with E-state index in [1.54, 1.807) is 4.90 Å². The molecule has 1 aliphatic carbocycles. The fourth-order valence-corrected chi connectivity index (χ4v) is 5.27. The number of carbonyl (C=O) groups is 1. The Morgan fingerprint density at radius 1 is 1.09 bits per heavy atom. The summed E-state index contributed by atoms with van der Waals surface area (Å²) in [4.78, 5) is 18.3. The predicted octanol–water partition coefficient (Wildman–Crippen LogP) is 3.18. The van der Waals surface area contributed by atoms with Crippen LogP contribution in [-0.4, -0.2) is 57.9 Å². The smallest absolute Gasteiger partial charge is 0.248 e. The molecule has 1 aliphatic heterocycles. The van der Waals surface area contributed by atoms with E-state index >= 15 is 0 Å². The van der Waals surface area contributed by atoms with Crippen molar-refractivity contribution in [1.29, 1.82) is 0 Å². The van der Waals surface area contributed by atoms with Crippen molar-refractivity contribution in [2.24, 2.45) is 11.8 Å². The van der Waals surface area contributed by atoms with Crippen molar-refractivity contribution >= 4 is 16.8 Å². The van der Waals surface area contributed by atoms with E-state index in [0.717, 1.165) is 27.7 Å². The molecule has 1 saturated carbocycles. The van der Waals surface area contributed by atoms with Crippen molar-refractivity contribution in [3.63, 3.8) is 0 Å². The Hall–Kier alpha value is -2.96. The van der Waals surface area contributed by atoms with Crippen molar-refractivity contribution in [3.05, 3.63) is 60.3 Å². The number of aromatic nitrogens is 1. The maximum atomic E-state index is 11.9. The third-order valence-electron chi connectivity index (χ3n) is 6.85. The van der Waals surface area contributed by atoms with Gasteiger partial charge in [-0.3, -0.25) is 9.78 Å². The van der Waals surface area contributed by atoms with Gasteiger partial charge in [0.15, 0.2) is 0 Å². The van der Waals surface area contributed by atoms with Gasteiger partial charge in [0, 0.05) is 30.2 Å². The van der Waals surface area contributed by atoms with Gasteiger partial charge in [-0.15, -0.1) is 0 Å². The first-order valence-corrected chi connectivity index (χ1v) is 11.2. The lowest BCUT2D eigenvalue weighted by Gasteiger charge is -2.35. The molecule has 2 aliphatic rings. The summed E-state index contributed by atoms with van der Waals surface area (Å²) in [6.07, 6.45) is 0.390. The monoisotopic (exact) mass is 432 g/mol. The zero-order valence-corrected chi connectivity index (χ0v) is 18.1. The highest BCUT2D eigenvalue weighted by Crippen LogP contribution is 2.38. The molecule has 0 radical (unpaired) electrons. The maximum absolute atomic E-state index is 11.9. The molecule has 3 aromatic rings. The zero-order chi connectivity index (χ0) is 22.2. The maximum Gasteiger partial charge on any atom is 0.248 e. The quantitative estimate of drug-likeness (QED) is 0.662. The molecule has 0 spiro atoms. The molecule has 1 aromatic heterocycles. The van der Waals surface area contributed by atoms with Crippen LogP contribution in [0, 0.1) is 18.8 Å². The third kappa shape index (κ3) is 3.96. The molecule has 1 amide bonds. The molecule has 32 heavy (non-hydrogen) atoms. The summed E-state index contributed by atoms with van der Waals surface area (Å²) < 4.78 is 6.25. The lowest BCUT2D eigenvalue weighted by molar-refractivity contribution is -0.133. The van der Waals surface area contributed by atoms with E-state index in [1.165, 1.54) is 0 Å². The molecule has 0 bridgehead atoms. The number of aliphatic hydroxyl groups is 2. The molecule has 0 unspecified atom stereocenters.